The Hall–Kier alpha value is -0.750. The third kappa shape index (κ3) is 6.29. The molecule has 5 nitrogen and oxygen atoms in total. The zero-order valence-electron chi connectivity index (χ0n) is 11.6. The van der Waals surface area contributed by atoms with Gasteiger partial charge in [0.05, 0.1) is 12.4 Å². The molecule has 0 aliphatic carbocycles. The van der Waals surface area contributed by atoms with Gasteiger partial charge in [0.1, 0.15) is 6.04 Å². The Labute approximate surface area is 119 Å². The zero-order chi connectivity index (χ0) is 14.1. The number of carbonyl (C=O) groups is 2. The van der Waals surface area contributed by atoms with Gasteiger partial charge in [-0.15, -0.1) is 11.8 Å². The van der Waals surface area contributed by atoms with E-state index >= 15 is 0 Å². The molecule has 0 aromatic rings. The molecule has 6 heteroatoms. The Bertz CT molecular complexity index is 292. The van der Waals surface area contributed by atoms with Crippen LogP contribution in [-0.2, 0) is 14.3 Å². The normalized spacial score (nSPS) is 17.7. The second-order valence-electron chi connectivity index (χ2n) is 4.67. The molecule has 19 heavy (non-hydrogen) atoms. The van der Waals surface area contributed by atoms with Crippen molar-refractivity contribution >= 4 is 23.6 Å². The molecule has 110 valence electrons. The molecule has 0 aromatic carbocycles. The molecule has 2 N–H and O–H groups in total. The second kappa shape index (κ2) is 9.20. The van der Waals surface area contributed by atoms with E-state index in [1.165, 1.54) is 24.6 Å². The summed E-state index contributed by atoms with van der Waals surface area (Å²) in [6, 6.07) is -0.637. The lowest BCUT2D eigenvalue weighted by Crippen LogP contribution is -2.36. The first-order chi connectivity index (χ1) is 9.15. The van der Waals surface area contributed by atoms with Gasteiger partial charge in [0.15, 0.2) is 0 Å². The van der Waals surface area contributed by atoms with Crippen molar-refractivity contribution < 1.29 is 14.3 Å². The van der Waals surface area contributed by atoms with Crippen molar-refractivity contribution in [1.29, 1.82) is 0 Å². The Morgan fingerprint density at radius 2 is 1.89 bits per heavy atom. The molecule has 1 atom stereocenters. The average Bonchev–Trinajstić information content (AvgIpc) is 2.67. The Kier molecular flexibility index (Phi) is 7.90. The van der Waals surface area contributed by atoms with Gasteiger partial charge in [0.2, 0.25) is 5.91 Å². The highest BCUT2D eigenvalue weighted by Crippen LogP contribution is 2.12. The number of amides is 1. The number of ether oxygens (including phenoxy) is 1. The molecule has 0 aromatic heterocycles. The van der Waals surface area contributed by atoms with Crippen LogP contribution in [0.25, 0.3) is 0 Å². The molecule has 1 unspecified atom stereocenters. The summed E-state index contributed by atoms with van der Waals surface area (Å²) < 4.78 is 4.82. The molecule has 1 heterocycles. The van der Waals surface area contributed by atoms with E-state index in [9.17, 15) is 9.59 Å². The van der Waals surface area contributed by atoms with Gasteiger partial charge < -0.3 is 15.4 Å². The van der Waals surface area contributed by atoms with E-state index in [2.05, 4.69) is 0 Å². The molecule has 1 rings (SSSR count). The summed E-state index contributed by atoms with van der Waals surface area (Å²) in [6.45, 7) is 3.82. The minimum Gasteiger partial charge on any atom is -0.465 e. The number of hydrogen-bond donors (Lipinski definition) is 1. The monoisotopic (exact) mass is 288 g/mol. The Morgan fingerprint density at radius 3 is 2.47 bits per heavy atom. The standard InChI is InChI=1S/C13H24N2O3S/c1-2-18-13(17)11(14)9-19-10-12(16)15-7-5-3-4-6-8-15/h11H,2-10,14H2,1H3. The molecule has 1 aliphatic heterocycles. The van der Waals surface area contributed by atoms with E-state index in [1.807, 2.05) is 4.90 Å². The maximum atomic E-state index is 12.0. The quantitative estimate of drug-likeness (QED) is 0.739. The summed E-state index contributed by atoms with van der Waals surface area (Å²) in [5, 5.41) is 0. The first kappa shape index (κ1) is 16.3. The van der Waals surface area contributed by atoms with Gasteiger partial charge >= 0.3 is 5.97 Å². The van der Waals surface area contributed by atoms with Crippen LogP contribution in [0.1, 0.15) is 32.6 Å². The molecular formula is C13H24N2O3S. The van der Waals surface area contributed by atoms with Crippen molar-refractivity contribution in [3.05, 3.63) is 0 Å². The Balaban J connectivity index is 2.20. The third-order valence-electron chi connectivity index (χ3n) is 3.07. The van der Waals surface area contributed by atoms with Crippen LogP contribution in [0.15, 0.2) is 0 Å². The van der Waals surface area contributed by atoms with Crippen molar-refractivity contribution in [2.75, 3.05) is 31.2 Å². The number of thioether (sulfide) groups is 1. The topological polar surface area (TPSA) is 72.6 Å². The van der Waals surface area contributed by atoms with E-state index < -0.39 is 12.0 Å². The number of nitrogens with two attached hydrogens (primary N) is 1. The van der Waals surface area contributed by atoms with Crippen LogP contribution in [0.5, 0.6) is 0 Å². The highest BCUT2D eigenvalue weighted by atomic mass is 32.2. The van der Waals surface area contributed by atoms with Crippen LogP contribution < -0.4 is 5.73 Å². The molecule has 1 saturated heterocycles. The van der Waals surface area contributed by atoms with Crippen molar-refractivity contribution in [2.24, 2.45) is 5.73 Å². The lowest BCUT2D eigenvalue weighted by molar-refractivity contribution is -0.144. The van der Waals surface area contributed by atoms with E-state index in [-0.39, 0.29) is 5.91 Å². The van der Waals surface area contributed by atoms with Crippen LogP contribution in [0.2, 0.25) is 0 Å². The first-order valence-electron chi connectivity index (χ1n) is 6.93. The summed E-state index contributed by atoms with van der Waals surface area (Å²) >= 11 is 1.41. The molecule has 0 saturated carbocycles. The van der Waals surface area contributed by atoms with E-state index in [4.69, 9.17) is 10.5 Å². The second-order valence-corrected chi connectivity index (χ2v) is 5.70. The molecule has 1 fully saturated rings. The summed E-state index contributed by atoms with van der Waals surface area (Å²) in [6.07, 6.45) is 4.62. The van der Waals surface area contributed by atoms with Crippen LogP contribution in [-0.4, -0.2) is 54.0 Å². The number of likely N-dealkylation sites (tertiary alicyclic amines) is 1. The summed E-state index contributed by atoms with van der Waals surface area (Å²) in [4.78, 5) is 25.2. The molecular weight excluding hydrogens is 264 g/mol. The minimum atomic E-state index is -0.637. The van der Waals surface area contributed by atoms with Crippen LogP contribution in [0.4, 0.5) is 0 Å². The number of rotatable bonds is 6. The largest absolute Gasteiger partial charge is 0.465 e. The average molecular weight is 288 g/mol. The number of esters is 1. The highest BCUT2D eigenvalue weighted by Gasteiger charge is 2.18. The van der Waals surface area contributed by atoms with E-state index in [0.717, 1.165) is 25.9 Å². The molecule has 1 aliphatic rings. The van der Waals surface area contributed by atoms with Gasteiger partial charge in [-0.3, -0.25) is 9.59 Å². The maximum absolute atomic E-state index is 12.0. The zero-order valence-corrected chi connectivity index (χ0v) is 12.4. The molecule has 0 radical (unpaired) electrons. The molecule has 0 bridgehead atoms. The van der Waals surface area contributed by atoms with E-state index in [1.54, 1.807) is 6.92 Å². The van der Waals surface area contributed by atoms with Crippen molar-refractivity contribution in [3.63, 3.8) is 0 Å². The lowest BCUT2D eigenvalue weighted by Gasteiger charge is -2.20. The van der Waals surface area contributed by atoms with E-state index in [0.29, 0.717) is 18.1 Å². The fraction of sp³-hybridized carbons (Fsp3) is 0.846. The van der Waals surface area contributed by atoms with Gasteiger partial charge in [-0.25, -0.2) is 0 Å². The van der Waals surface area contributed by atoms with Gasteiger partial charge in [-0.05, 0) is 19.8 Å². The number of hydrogen-bond acceptors (Lipinski definition) is 5. The SMILES string of the molecule is CCOC(=O)C(N)CSCC(=O)N1CCCCCC1. The third-order valence-corrected chi connectivity index (χ3v) is 4.12. The van der Waals surface area contributed by atoms with Crippen LogP contribution in [0, 0.1) is 0 Å². The van der Waals surface area contributed by atoms with Gasteiger partial charge in [0.25, 0.3) is 0 Å². The number of nitrogens with zero attached hydrogens (tertiary/aromatic N) is 1. The van der Waals surface area contributed by atoms with Crippen LogP contribution >= 0.6 is 11.8 Å². The summed E-state index contributed by atoms with van der Waals surface area (Å²) in [5.41, 5.74) is 5.67. The van der Waals surface area contributed by atoms with Gasteiger partial charge in [-0.1, -0.05) is 12.8 Å². The maximum Gasteiger partial charge on any atom is 0.323 e. The van der Waals surface area contributed by atoms with Crippen LogP contribution in [0.3, 0.4) is 0 Å². The fourth-order valence-corrected chi connectivity index (χ4v) is 2.87. The molecule has 1 amide bonds. The number of carbonyl (C=O) groups excluding carboxylic acids is 2. The molecule has 0 spiro atoms. The minimum absolute atomic E-state index is 0.156. The van der Waals surface area contributed by atoms with Crippen molar-refractivity contribution in [2.45, 2.75) is 38.6 Å². The van der Waals surface area contributed by atoms with Gasteiger partial charge in [0, 0.05) is 18.8 Å². The predicted molar refractivity (Wildman–Crippen MR) is 77.0 cm³/mol. The lowest BCUT2D eigenvalue weighted by atomic mass is 10.2. The Morgan fingerprint density at radius 1 is 1.26 bits per heavy atom. The summed E-state index contributed by atoms with van der Waals surface area (Å²) in [5.74, 6) is 0.589. The summed E-state index contributed by atoms with van der Waals surface area (Å²) in [7, 11) is 0. The highest BCUT2D eigenvalue weighted by molar-refractivity contribution is 8.00. The first-order valence-corrected chi connectivity index (χ1v) is 8.08. The fourth-order valence-electron chi connectivity index (χ4n) is 2.00. The van der Waals surface area contributed by atoms with Gasteiger partial charge in [-0.2, -0.15) is 0 Å². The van der Waals surface area contributed by atoms with Crippen molar-refractivity contribution in [3.8, 4) is 0 Å². The predicted octanol–water partition coefficient (Wildman–Crippen LogP) is 1.01. The smallest absolute Gasteiger partial charge is 0.323 e. The van der Waals surface area contributed by atoms with Crippen molar-refractivity contribution in [1.82, 2.24) is 4.90 Å².